The van der Waals surface area contributed by atoms with Gasteiger partial charge in [0.15, 0.2) is 0 Å². The lowest BCUT2D eigenvalue weighted by atomic mass is 9.94. The summed E-state index contributed by atoms with van der Waals surface area (Å²) in [6, 6.07) is 13.2. The Morgan fingerprint density at radius 2 is 1.96 bits per heavy atom. The highest BCUT2D eigenvalue weighted by Crippen LogP contribution is 2.33. The van der Waals surface area contributed by atoms with Gasteiger partial charge in [0.1, 0.15) is 0 Å². The van der Waals surface area contributed by atoms with Gasteiger partial charge >= 0.3 is 0 Å². The number of benzene rings is 1. The van der Waals surface area contributed by atoms with Crippen molar-refractivity contribution in [1.82, 2.24) is 9.88 Å². The van der Waals surface area contributed by atoms with Crippen molar-refractivity contribution in [2.45, 2.75) is 31.5 Å². The minimum Gasteiger partial charge on any atom is -0.395 e. The first-order valence-corrected chi connectivity index (χ1v) is 8.17. The van der Waals surface area contributed by atoms with E-state index in [-0.39, 0.29) is 18.6 Å². The fourth-order valence-corrected chi connectivity index (χ4v) is 3.42. The molecule has 1 aliphatic heterocycles. The molecule has 0 spiro atoms. The molecule has 0 amide bonds. The third-order valence-corrected chi connectivity index (χ3v) is 4.75. The number of aromatic nitrogens is 1. The van der Waals surface area contributed by atoms with Crippen LogP contribution < -0.4 is 0 Å². The number of aryl methyl sites for hydroxylation is 1. The van der Waals surface area contributed by atoms with E-state index in [2.05, 4.69) is 9.88 Å². The molecule has 1 aromatic carbocycles. The summed E-state index contributed by atoms with van der Waals surface area (Å²) in [6.45, 7) is 3.19. The average Bonchev–Trinajstić information content (AvgIpc) is 2.84. The smallest absolute Gasteiger partial charge is 0.0798 e. The number of pyridine rings is 1. The standard InChI is InChI=1S/C18H21ClN2O2/c1-12-3-2-4-15(20-12)9-21-10-16(18(23)17(21)11-22)13-5-7-14(19)8-6-13/h2-8,16-18,22-23H,9-11H2,1H3/t16-,17-,18-/m1/s1. The predicted octanol–water partition coefficient (Wildman–Crippen LogP) is 2.36. The summed E-state index contributed by atoms with van der Waals surface area (Å²) in [7, 11) is 0. The minimum atomic E-state index is -0.606. The molecule has 0 saturated carbocycles. The molecule has 5 heteroatoms. The summed E-state index contributed by atoms with van der Waals surface area (Å²) in [4.78, 5) is 6.62. The Hall–Kier alpha value is -1.46. The van der Waals surface area contributed by atoms with Crippen molar-refractivity contribution in [3.05, 3.63) is 64.4 Å². The average molecular weight is 333 g/mol. The van der Waals surface area contributed by atoms with Gasteiger partial charge in [-0.1, -0.05) is 29.8 Å². The second kappa shape index (κ2) is 6.97. The quantitative estimate of drug-likeness (QED) is 0.902. The lowest BCUT2D eigenvalue weighted by Gasteiger charge is -2.23. The number of aliphatic hydroxyl groups excluding tert-OH is 2. The van der Waals surface area contributed by atoms with Gasteiger partial charge in [0.2, 0.25) is 0 Å². The minimum absolute atomic E-state index is 0.0331. The topological polar surface area (TPSA) is 56.6 Å². The molecule has 23 heavy (non-hydrogen) atoms. The summed E-state index contributed by atoms with van der Waals surface area (Å²) < 4.78 is 0. The number of hydrogen-bond acceptors (Lipinski definition) is 4. The maximum absolute atomic E-state index is 10.6. The van der Waals surface area contributed by atoms with Gasteiger partial charge < -0.3 is 10.2 Å². The fraction of sp³-hybridized carbons (Fsp3) is 0.389. The van der Waals surface area contributed by atoms with Crippen LogP contribution in [0.5, 0.6) is 0 Å². The van der Waals surface area contributed by atoms with E-state index in [9.17, 15) is 10.2 Å². The maximum Gasteiger partial charge on any atom is 0.0798 e. The Kier molecular flexibility index (Phi) is 4.97. The number of aliphatic hydroxyl groups is 2. The van der Waals surface area contributed by atoms with E-state index in [1.54, 1.807) is 0 Å². The second-order valence-corrected chi connectivity index (χ2v) is 6.53. The Morgan fingerprint density at radius 1 is 1.22 bits per heavy atom. The molecule has 0 unspecified atom stereocenters. The summed E-state index contributed by atoms with van der Waals surface area (Å²) in [6.07, 6.45) is -0.606. The number of rotatable bonds is 4. The molecule has 3 rings (SSSR count). The first-order valence-electron chi connectivity index (χ1n) is 7.79. The van der Waals surface area contributed by atoms with Gasteiger partial charge in [0, 0.05) is 29.7 Å². The molecule has 3 atom stereocenters. The van der Waals surface area contributed by atoms with Gasteiger partial charge in [-0.05, 0) is 36.8 Å². The van der Waals surface area contributed by atoms with Crippen LogP contribution in [0, 0.1) is 6.92 Å². The van der Waals surface area contributed by atoms with Gasteiger partial charge in [-0.2, -0.15) is 0 Å². The molecule has 1 aromatic heterocycles. The summed E-state index contributed by atoms with van der Waals surface area (Å²) in [5.74, 6) is -0.0331. The van der Waals surface area contributed by atoms with Crippen molar-refractivity contribution in [3.8, 4) is 0 Å². The first-order chi connectivity index (χ1) is 11.1. The van der Waals surface area contributed by atoms with Gasteiger partial charge in [-0.25, -0.2) is 0 Å². The molecule has 2 aromatic rings. The van der Waals surface area contributed by atoms with E-state index in [0.29, 0.717) is 18.1 Å². The number of halogens is 1. The molecule has 1 aliphatic rings. The van der Waals surface area contributed by atoms with Crippen LogP contribution in [0.25, 0.3) is 0 Å². The molecular weight excluding hydrogens is 312 g/mol. The van der Waals surface area contributed by atoms with Crippen molar-refractivity contribution < 1.29 is 10.2 Å². The van der Waals surface area contributed by atoms with Crippen LogP contribution in [-0.2, 0) is 6.54 Å². The van der Waals surface area contributed by atoms with Crippen LogP contribution in [0.15, 0.2) is 42.5 Å². The van der Waals surface area contributed by atoms with Gasteiger partial charge in [0.05, 0.1) is 24.4 Å². The van der Waals surface area contributed by atoms with Crippen molar-refractivity contribution in [3.63, 3.8) is 0 Å². The summed E-state index contributed by atoms with van der Waals surface area (Å²) >= 11 is 5.94. The van der Waals surface area contributed by atoms with E-state index >= 15 is 0 Å². The molecule has 0 aliphatic carbocycles. The third kappa shape index (κ3) is 3.56. The Bertz CT molecular complexity index is 662. The highest BCUT2D eigenvalue weighted by atomic mass is 35.5. The second-order valence-electron chi connectivity index (χ2n) is 6.10. The Morgan fingerprint density at radius 3 is 2.61 bits per heavy atom. The van der Waals surface area contributed by atoms with Crippen LogP contribution in [0.2, 0.25) is 5.02 Å². The molecule has 1 fully saturated rings. The molecular formula is C18H21ClN2O2. The zero-order valence-electron chi connectivity index (χ0n) is 13.1. The molecule has 2 heterocycles. The van der Waals surface area contributed by atoms with Crippen LogP contribution >= 0.6 is 11.6 Å². The molecule has 0 bridgehead atoms. The highest BCUT2D eigenvalue weighted by molar-refractivity contribution is 6.30. The maximum atomic E-state index is 10.6. The zero-order chi connectivity index (χ0) is 16.4. The van der Waals surface area contributed by atoms with E-state index in [4.69, 9.17) is 11.6 Å². The summed E-state index contributed by atoms with van der Waals surface area (Å²) in [5.41, 5.74) is 2.96. The van der Waals surface area contributed by atoms with E-state index in [1.807, 2.05) is 49.4 Å². The molecule has 0 radical (unpaired) electrons. The molecule has 4 nitrogen and oxygen atoms in total. The Balaban J connectivity index is 1.80. The lowest BCUT2D eigenvalue weighted by molar-refractivity contribution is 0.0636. The zero-order valence-corrected chi connectivity index (χ0v) is 13.8. The fourth-order valence-electron chi connectivity index (χ4n) is 3.29. The monoisotopic (exact) mass is 332 g/mol. The van der Waals surface area contributed by atoms with Crippen molar-refractivity contribution >= 4 is 11.6 Å². The normalized spacial score (nSPS) is 25.0. The van der Waals surface area contributed by atoms with E-state index in [0.717, 1.165) is 17.0 Å². The van der Waals surface area contributed by atoms with Crippen LogP contribution in [0.4, 0.5) is 0 Å². The Labute approximate surface area is 141 Å². The van der Waals surface area contributed by atoms with Gasteiger partial charge in [-0.15, -0.1) is 0 Å². The van der Waals surface area contributed by atoms with Crippen LogP contribution in [-0.4, -0.2) is 45.4 Å². The van der Waals surface area contributed by atoms with Crippen molar-refractivity contribution in [2.24, 2.45) is 0 Å². The lowest BCUT2D eigenvalue weighted by Crippen LogP contribution is -2.38. The molecule has 122 valence electrons. The highest BCUT2D eigenvalue weighted by Gasteiger charge is 2.40. The van der Waals surface area contributed by atoms with E-state index < -0.39 is 6.10 Å². The molecule has 2 N–H and O–H groups in total. The largest absolute Gasteiger partial charge is 0.395 e. The third-order valence-electron chi connectivity index (χ3n) is 4.50. The summed E-state index contributed by atoms with van der Waals surface area (Å²) in [5, 5.41) is 21.0. The SMILES string of the molecule is Cc1cccc(CN2C[C@H](c3ccc(Cl)cc3)[C@@H](O)[C@H]2CO)n1. The van der Waals surface area contributed by atoms with Gasteiger partial charge in [-0.3, -0.25) is 9.88 Å². The van der Waals surface area contributed by atoms with Crippen LogP contribution in [0.3, 0.4) is 0 Å². The van der Waals surface area contributed by atoms with Crippen molar-refractivity contribution in [1.29, 1.82) is 0 Å². The predicted molar refractivity (Wildman–Crippen MR) is 90.5 cm³/mol. The number of hydrogen-bond donors (Lipinski definition) is 2. The van der Waals surface area contributed by atoms with Crippen LogP contribution in [0.1, 0.15) is 22.9 Å². The van der Waals surface area contributed by atoms with Crippen molar-refractivity contribution in [2.75, 3.05) is 13.2 Å². The number of likely N-dealkylation sites (tertiary alicyclic amines) is 1. The van der Waals surface area contributed by atoms with E-state index in [1.165, 1.54) is 0 Å². The van der Waals surface area contributed by atoms with Gasteiger partial charge in [0.25, 0.3) is 0 Å². The first kappa shape index (κ1) is 16.4. The molecule has 1 saturated heterocycles. The number of nitrogens with zero attached hydrogens (tertiary/aromatic N) is 2.